The van der Waals surface area contributed by atoms with Crippen LogP contribution in [0, 0.1) is 5.92 Å². The maximum Gasteiger partial charge on any atom is 0.232 e. The molecular formula is C16H26N2O3S. The number of rotatable bonds is 8. The Bertz CT molecular complexity index is 580. The van der Waals surface area contributed by atoms with Gasteiger partial charge in [0.15, 0.2) is 0 Å². The van der Waals surface area contributed by atoms with Crippen LogP contribution >= 0.6 is 0 Å². The van der Waals surface area contributed by atoms with Gasteiger partial charge < -0.3 is 5.32 Å². The summed E-state index contributed by atoms with van der Waals surface area (Å²) in [5, 5.41) is 2.80. The van der Waals surface area contributed by atoms with Crippen molar-refractivity contribution in [3.05, 3.63) is 29.8 Å². The topological polar surface area (TPSA) is 66.5 Å². The molecule has 0 radical (unpaired) electrons. The molecule has 22 heavy (non-hydrogen) atoms. The summed E-state index contributed by atoms with van der Waals surface area (Å²) in [6.07, 6.45) is 2.21. The third-order valence-corrected chi connectivity index (χ3v) is 4.48. The van der Waals surface area contributed by atoms with E-state index in [9.17, 15) is 13.2 Å². The van der Waals surface area contributed by atoms with Crippen molar-refractivity contribution in [1.29, 1.82) is 0 Å². The summed E-state index contributed by atoms with van der Waals surface area (Å²) in [6, 6.07) is 7.39. The molecule has 0 aliphatic heterocycles. The molecule has 0 bridgehead atoms. The van der Waals surface area contributed by atoms with Gasteiger partial charge >= 0.3 is 0 Å². The van der Waals surface area contributed by atoms with Crippen LogP contribution in [0.25, 0.3) is 0 Å². The lowest BCUT2D eigenvalue weighted by molar-refractivity contribution is -0.121. The molecule has 0 fully saturated rings. The van der Waals surface area contributed by atoms with Gasteiger partial charge in [0.1, 0.15) is 0 Å². The molecule has 5 nitrogen and oxygen atoms in total. The molecular weight excluding hydrogens is 300 g/mol. The van der Waals surface area contributed by atoms with E-state index in [1.54, 1.807) is 12.1 Å². The first kappa shape index (κ1) is 18.5. The molecule has 0 saturated heterocycles. The van der Waals surface area contributed by atoms with E-state index in [0.717, 1.165) is 18.2 Å². The number of hydrogen-bond acceptors (Lipinski definition) is 3. The zero-order chi connectivity index (χ0) is 16.8. The normalized spacial score (nSPS) is 11.5. The van der Waals surface area contributed by atoms with Gasteiger partial charge in [-0.25, -0.2) is 8.42 Å². The van der Waals surface area contributed by atoms with Crippen LogP contribution in [0.1, 0.15) is 32.8 Å². The molecule has 0 saturated carbocycles. The van der Waals surface area contributed by atoms with Crippen molar-refractivity contribution >= 4 is 21.6 Å². The van der Waals surface area contributed by atoms with Crippen LogP contribution in [0.3, 0.4) is 0 Å². The van der Waals surface area contributed by atoms with Crippen LogP contribution in [0.4, 0.5) is 5.69 Å². The van der Waals surface area contributed by atoms with Crippen molar-refractivity contribution in [2.24, 2.45) is 5.92 Å². The van der Waals surface area contributed by atoms with E-state index >= 15 is 0 Å². The average molecular weight is 326 g/mol. The zero-order valence-corrected chi connectivity index (χ0v) is 14.6. The van der Waals surface area contributed by atoms with Gasteiger partial charge in [-0.3, -0.25) is 9.10 Å². The Hall–Kier alpha value is -1.56. The Morgan fingerprint density at radius 1 is 1.23 bits per heavy atom. The molecule has 1 aromatic carbocycles. The highest BCUT2D eigenvalue weighted by atomic mass is 32.2. The van der Waals surface area contributed by atoms with Crippen molar-refractivity contribution in [1.82, 2.24) is 5.32 Å². The minimum absolute atomic E-state index is 0.132. The molecule has 0 aliphatic rings. The predicted molar refractivity (Wildman–Crippen MR) is 90.5 cm³/mol. The highest BCUT2D eigenvalue weighted by Gasteiger charge is 2.18. The molecule has 0 aromatic heterocycles. The second-order valence-electron chi connectivity index (χ2n) is 5.80. The third-order valence-electron chi connectivity index (χ3n) is 3.28. The van der Waals surface area contributed by atoms with Crippen LogP contribution in [-0.4, -0.2) is 33.7 Å². The minimum atomic E-state index is -3.41. The van der Waals surface area contributed by atoms with Crippen LogP contribution in [0.5, 0.6) is 0 Å². The summed E-state index contributed by atoms with van der Waals surface area (Å²) in [5.41, 5.74) is 1.74. The van der Waals surface area contributed by atoms with Crippen LogP contribution in [0.15, 0.2) is 24.3 Å². The Morgan fingerprint density at radius 2 is 1.82 bits per heavy atom. The van der Waals surface area contributed by atoms with Crippen molar-refractivity contribution < 1.29 is 13.2 Å². The lowest BCUT2D eigenvalue weighted by Gasteiger charge is -2.22. The number of nitrogens with one attached hydrogen (secondary N) is 1. The van der Waals surface area contributed by atoms with Gasteiger partial charge in [0.25, 0.3) is 0 Å². The van der Waals surface area contributed by atoms with E-state index in [0.29, 0.717) is 18.2 Å². The molecule has 6 heteroatoms. The number of amides is 1. The largest absolute Gasteiger partial charge is 0.356 e. The maximum absolute atomic E-state index is 12.0. The first-order valence-electron chi connectivity index (χ1n) is 7.57. The molecule has 0 aliphatic carbocycles. The molecule has 1 aromatic rings. The SMILES string of the molecule is CCc1ccc(N(CCC(=O)NCC(C)C)S(C)(=O)=O)cc1. The molecule has 0 atom stereocenters. The standard InChI is InChI=1S/C16H26N2O3S/c1-5-14-6-8-15(9-7-14)18(22(4,20)21)11-10-16(19)17-12-13(2)3/h6-9,13H,5,10-12H2,1-4H3,(H,17,19). The fourth-order valence-corrected chi connectivity index (χ4v) is 2.92. The highest BCUT2D eigenvalue weighted by Crippen LogP contribution is 2.19. The van der Waals surface area contributed by atoms with E-state index in [2.05, 4.69) is 5.32 Å². The lowest BCUT2D eigenvalue weighted by atomic mass is 10.1. The maximum atomic E-state index is 12.0. The lowest BCUT2D eigenvalue weighted by Crippen LogP contribution is -2.35. The Kier molecular flexibility index (Phi) is 6.87. The predicted octanol–water partition coefficient (Wildman–Crippen LogP) is 2.18. The monoisotopic (exact) mass is 326 g/mol. The highest BCUT2D eigenvalue weighted by molar-refractivity contribution is 7.92. The second kappa shape index (κ2) is 8.17. The summed E-state index contributed by atoms with van der Waals surface area (Å²) >= 11 is 0. The van der Waals surface area contributed by atoms with Crippen molar-refractivity contribution in [3.8, 4) is 0 Å². The first-order chi connectivity index (χ1) is 10.2. The second-order valence-corrected chi connectivity index (χ2v) is 7.71. The van der Waals surface area contributed by atoms with Gasteiger partial charge in [-0.1, -0.05) is 32.9 Å². The van der Waals surface area contributed by atoms with E-state index < -0.39 is 10.0 Å². The van der Waals surface area contributed by atoms with Gasteiger partial charge in [-0.2, -0.15) is 0 Å². The number of hydrogen-bond donors (Lipinski definition) is 1. The molecule has 0 spiro atoms. The first-order valence-corrected chi connectivity index (χ1v) is 9.42. The van der Waals surface area contributed by atoms with E-state index in [1.165, 1.54) is 4.31 Å². The average Bonchev–Trinajstić information content (AvgIpc) is 2.44. The Labute approximate surface area is 133 Å². The summed E-state index contributed by atoms with van der Waals surface area (Å²) in [6.45, 7) is 6.82. The fraction of sp³-hybridized carbons (Fsp3) is 0.562. The van der Waals surface area contributed by atoms with E-state index in [1.807, 2.05) is 32.9 Å². The van der Waals surface area contributed by atoms with Crippen LogP contribution < -0.4 is 9.62 Å². The number of sulfonamides is 1. The molecule has 0 unspecified atom stereocenters. The fourth-order valence-electron chi connectivity index (χ4n) is 1.99. The number of benzene rings is 1. The summed E-state index contributed by atoms with van der Waals surface area (Å²) in [4.78, 5) is 11.8. The van der Waals surface area contributed by atoms with Crippen molar-refractivity contribution in [3.63, 3.8) is 0 Å². The molecule has 124 valence electrons. The number of carbonyl (C=O) groups excluding carboxylic acids is 1. The van der Waals surface area contributed by atoms with Gasteiger partial charge in [0.05, 0.1) is 11.9 Å². The van der Waals surface area contributed by atoms with Crippen LogP contribution in [-0.2, 0) is 21.2 Å². The molecule has 1 rings (SSSR count). The van der Waals surface area contributed by atoms with E-state index in [4.69, 9.17) is 0 Å². The van der Waals surface area contributed by atoms with E-state index in [-0.39, 0.29) is 18.9 Å². The van der Waals surface area contributed by atoms with Gasteiger partial charge in [-0.05, 0) is 30.0 Å². The Morgan fingerprint density at radius 3 is 2.27 bits per heavy atom. The minimum Gasteiger partial charge on any atom is -0.356 e. The molecule has 1 amide bonds. The van der Waals surface area contributed by atoms with Gasteiger partial charge in [0.2, 0.25) is 15.9 Å². The quantitative estimate of drug-likeness (QED) is 0.796. The third kappa shape index (κ3) is 6.05. The van der Waals surface area contributed by atoms with Crippen molar-refractivity contribution in [2.75, 3.05) is 23.7 Å². The number of nitrogens with zero attached hydrogens (tertiary/aromatic N) is 1. The Balaban J connectivity index is 2.75. The zero-order valence-electron chi connectivity index (χ0n) is 13.8. The molecule has 1 N–H and O–H groups in total. The summed E-state index contributed by atoms with van der Waals surface area (Å²) < 4.78 is 25.2. The van der Waals surface area contributed by atoms with Gasteiger partial charge in [-0.15, -0.1) is 0 Å². The summed E-state index contributed by atoms with van der Waals surface area (Å²) in [5.74, 6) is 0.240. The van der Waals surface area contributed by atoms with Crippen molar-refractivity contribution in [2.45, 2.75) is 33.6 Å². The summed E-state index contributed by atoms with van der Waals surface area (Å²) in [7, 11) is -3.41. The number of anilines is 1. The van der Waals surface area contributed by atoms with Crippen LogP contribution in [0.2, 0.25) is 0 Å². The smallest absolute Gasteiger partial charge is 0.232 e. The van der Waals surface area contributed by atoms with Gasteiger partial charge in [0, 0.05) is 19.5 Å². The molecule has 0 heterocycles. The number of aryl methyl sites for hydroxylation is 1. The number of carbonyl (C=O) groups is 1.